The summed E-state index contributed by atoms with van der Waals surface area (Å²) in [6, 6.07) is 0. The molecule has 9 heavy (non-hydrogen) atoms. The Morgan fingerprint density at radius 3 is 2.78 bits per heavy atom. The van der Waals surface area contributed by atoms with Crippen LogP contribution in [0.2, 0.25) is 0 Å². The van der Waals surface area contributed by atoms with E-state index in [1.54, 1.807) is 0 Å². The highest BCUT2D eigenvalue weighted by Gasteiger charge is 2.52. The minimum Gasteiger partial charge on any atom is -0.373 e. The van der Waals surface area contributed by atoms with Crippen LogP contribution in [-0.2, 0) is 9.47 Å². The fourth-order valence-corrected chi connectivity index (χ4v) is 1.49. The van der Waals surface area contributed by atoms with Crippen molar-refractivity contribution >= 4 is 0 Å². The topological polar surface area (TPSA) is 21.8 Å². The van der Waals surface area contributed by atoms with E-state index in [0.717, 1.165) is 13.0 Å². The molecule has 2 rings (SSSR count). The molecule has 2 heterocycles. The van der Waals surface area contributed by atoms with Crippen LogP contribution in [0.1, 0.15) is 20.3 Å². The van der Waals surface area contributed by atoms with E-state index in [1.165, 1.54) is 0 Å². The highest BCUT2D eigenvalue weighted by molar-refractivity contribution is 5.00. The van der Waals surface area contributed by atoms with E-state index >= 15 is 0 Å². The fraction of sp³-hybridized carbons (Fsp3) is 1.00. The smallest absolute Gasteiger partial charge is 0.113 e. The summed E-state index contributed by atoms with van der Waals surface area (Å²) in [5, 5.41) is 0. The quantitative estimate of drug-likeness (QED) is 0.453. The first-order valence-electron chi connectivity index (χ1n) is 3.49. The van der Waals surface area contributed by atoms with Crippen molar-refractivity contribution in [1.29, 1.82) is 0 Å². The van der Waals surface area contributed by atoms with Crippen LogP contribution in [0, 0.1) is 0 Å². The predicted octanol–water partition coefficient (Wildman–Crippen LogP) is 0.953. The average Bonchev–Trinajstić information content (AvgIpc) is 2.43. The molecule has 0 N–H and O–H groups in total. The number of ether oxygens (including phenoxy) is 2. The van der Waals surface area contributed by atoms with Gasteiger partial charge in [-0.25, -0.2) is 0 Å². The molecule has 2 atom stereocenters. The molecule has 0 aromatic carbocycles. The van der Waals surface area contributed by atoms with Gasteiger partial charge in [0.1, 0.15) is 6.10 Å². The summed E-state index contributed by atoms with van der Waals surface area (Å²) in [6.45, 7) is 5.06. The summed E-state index contributed by atoms with van der Waals surface area (Å²) in [4.78, 5) is 0. The molecule has 0 bridgehead atoms. The first-order valence-corrected chi connectivity index (χ1v) is 3.49. The zero-order chi connectivity index (χ0) is 6.48. The molecule has 0 amide bonds. The predicted molar refractivity (Wildman–Crippen MR) is 33.3 cm³/mol. The molecular weight excluding hydrogens is 116 g/mol. The van der Waals surface area contributed by atoms with Crippen LogP contribution in [0.25, 0.3) is 0 Å². The number of hydrogen-bond donors (Lipinski definition) is 0. The molecule has 0 spiro atoms. The minimum absolute atomic E-state index is 0.0110. The highest BCUT2D eigenvalue weighted by atomic mass is 16.6. The fourth-order valence-electron chi connectivity index (χ4n) is 1.49. The number of epoxide rings is 1. The maximum absolute atomic E-state index is 5.49. The molecule has 0 aromatic heterocycles. The third kappa shape index (κ3) is 0.775. The van der Waals surface area contributed by atoms with Crippen molar-refractivity contribution in [2.24, 2.45) is 0 Å². The Balaban J connectivity index is 2.09. The lowest BCUT2D eigenvalue weighted by atomic mass is 9.99. The lowest BCUT2D eigenvalue weighted by Crippen LogP contribution is -2.36. The summed E-state index contributed by atoms with van der Waals surface area (Å²) in [5.74, 6) is 0. The summed E-state index contributed by atoms with van der Waals surface area (Å²) in [7, 11) is 0. The normalized spacial score (nSPS) is 46.0. The summed E-state index contributed by atoms with van der Waals surface area (Å²) in [6.07, 6.45) is 2.01. The van der Waals surface area contributed by atoms with E-state index < -0.39 is 0 Å². The van der Waals surface area contributed by atoms with Gasteiger partial charge in [0, 0.05) is 6.61 Å². The maximum atomic E-state index is 5.49. The first-order chi connectivity index (χ1) is 4.20. The van der Waals surface area contributed by atoms with Gasteiger partial charge < -0.3 is 9.47 Å². The standard InChI is InChI=1S/C7H12O2/c1-7(2)6-5(9-6)3-4-8-7/h5-6H,3-4H2,1-2H3/t5-,6-/m0/s1. The van der Waals surface area contributed by atoms with Gasteiger partial charge in [0.2, 0.25) is 0 Å². The average molecular weight is 128 g/mol. The van der Waals surface area contributed by atoms with Gasteiger partial charge in [0.25, 0.3) is 0 Å². The Morgan fingerprint density at radius 1 is 1.44 bits per heavy atom. The zero-order valence-electron chi connectivity index (χ0n) is 5.89. The molecule has 0 aliphatic carbocycles. The van der Waals surface area contributed by atoms with Gasteiger partial charge in [0.05, 0.1) is 11.7 Å². The van der Waals surface area contributed by atoms with E-state index in [0.29, 0.717) is 12.2 Å². The second-order valence-corrected chi connectivity index (χ2v) is 3.34. The molecule has 2 saturated heterocycles. The van der Waals surface area contributed by atoms with Crippen LogP contribution in [0.4, 0.5) is 0 Å². The zero-order valence-corrected chi connectivity index (χ0v) is 5.89. The van der Waals surface area contributed by atoms with E-state index in [-0.39, 0.29) is 5.60 Å². The van der Waals surface area contributed by atoms with E-state index in [1.807, 2.05) is 0 Å². The van der Waals surface area contributed by atoms with Crippen LogP contribution in [-0.4, -0.2) is 24.4 Å². The van der Waals surface area contributed by atoms with E-state index in [9.17, 15) is 0 Å². The second kappa shape index (κ2) is 1.50. The van der Waals surface area contributed by atoms with E-state index in [4.69, 9.17) is 9.47 Å². The van der Waals surface area contributed by atoms with Crippen LogP contribution in [0.15, 0.2) is 0 Å². The van der Waals surface area contributed by atoms with Gasteiger partial charge in [-0.1, -0.05) is 0 Å². The Morgan fingerprint density at radius 2 is 2.22 bits per heavy atom. The third-order valence-electron chi connectivity index (χ3n) is 2.14. The van der Waals surface area contributed by atoms with Gasteiger partial charge in [-0.05, 0) is 20.3 Å². The molecule has 2 aliphatic rings. The van der Waals surface area contributed by atoms with E-state index in [2.05, 4.69) is 13.8 Å². The number of hydrogen-bond acceptors (Lipinski definition) is 2. The summed E-state index contributed by atoms with van der Waals surface area (Å²) < 4.78 is 10.9. The second-order valence-electron chi connectivity index (χ2n) is 3.34. The lowest BCUT2D eigenvalue weighted by molar-refractivity contribution is -0.0434. The van der Waals surface area contributed by atoms with Crippen molar-refractivity contribution in [3.63, 3.8) is 0 Å². The summed E-state index contributed by atoms with van der Waals surface area (Å²) >= 11 is 0. The van der Waals surface area contributed by atoms with Gasteiger partial charge >= 0.3 is 0 Å². The number of rotatable bonds is 0. The largest absolute Gasteiger partial charge is 0.373 e. The first kappa shape index (κ1) is 5.69. The van der Waals surface area contributed by atoms with Crippen LogP contribution >= 0.6 is 0 Å². The SMILES string of the molecule is CC1(C)OCC[C@@H]2O[C@@H]21. The van der Waals surface area contributed by atoms with Crippen molar-refractivity contribution in [2.75, 3.05) is 6.61 Å². The lowest BCUT2D eigenvalue weighted by Gasteiger charge is -2.26. The molecular formula is C7H12O2. The van der Waals surface area contributed by atoms with Crippen LogP contribution in [0.5, 0.6) is 0 Å². The van der Waals surface area contributed by atoms with Crippen molar-refractivity contribution < 1.29 is 9.47 Å². The molecule has 0 unspecified atom stereocenters. The molecule has 2 nitrogen and oxygen atoms in total. The molecule has 2 aliphatic heterocycles. The van der Waals surface area contributed by atoms with Crippen molar-refractivity contribution in [1.82, 2.24) is 0 Å². The Labute approximate surface area is 55.1 Å². The Bertz CT molecular complexity index is 131. The van der Waals surface area contributed by atoms with Gasteiger partial charge in [0.15, 0.2) is 0 Å². The maximum Gasteiger partial charge on any atom is 0.113 e. The van der Waals surface area contributed by atoms with Crippen molar-refractivity contribution in [2.45, 2.75) is 38.1 Å². The van der Waals surface area contributed by atoms with Gasteiger partial charge in [-0.2, -0.15) is 0 Å². The molecule has 2 heteroatoms. The number of fused-ring (bicyclic) bond motifs is 1. The van der Waals surface area contributed by atoms with Crippen molar-refractivity contribution in [3.05, 3.63) is 0 Å². The molecule has 2 fully saturated rings. The minimum atomic E-state index is -0.0110. The molecule has 0 aromatic rings. The highest BCUT2D eigenvalue weighted by Crippen LogP contribution is 2.40. The third-order valence-corrected chi connectivity index (χ3v) is 2.14. The van der Waals surface area contributed by atoms with Gasteiger partial charge in [-0.15, -0.1) is 0 Å². The van der Waals surface area contributed by atoms with Gasteiger partial charge in [-0.3, -0.25) is 0 Å². The summed E-state index contributed by atoms with van der Waals surface area (Å²) in [5.41, 5.74) is -0.0110. The Kier molecular flexibility index (Phi) is 0.945. The monoisotopic (exact) mass is 128 g/mol. The molecule has 0 radical (unpaired) electrons. The molecule has 52 valence electrons. The van der Waals surface area contributed by atoms with Crippen LogP contribution in [0.3, 0.4) is 0 Å². The van der Waals surface area contributed by atoms with Crippen LogP contribution < -0.4 is 0 Å². The molecule has 0 saturated carbocycles. The van der Waals surface area contributed by atoms with Crippen molar-refractivity contribution in [3.8, 4) is 0 Å². The Hall–Kier alpha value is -0.0800.